The highest BCUT2D eigenvalue weighted by molar-refractivity contribution is 9.10. The van der Waals surface area contributed by atoms with E-state index in [9.17, 15) is 5.02 Å². The van der Waals surface area contributed by atoms with Gasteiger partial charge in [-0.15, -0.1) is 0 Å². The van der Waals surface area contributed by atoms with E-state index < -0.39 is 0 Å². The molecule has 0 aromatic heterocycles. The van der Waals surface area contributed by atoms with Crippen LogP contribution in [0, 0.1) is 0 Å². The Morgan fingerprint density at radius 3 is 2.19 bits per heavy atom. The number of halogens is 1. The number of benzene rings is 1. The first-order valence-corrected chi connectivity index (χ1v) is 6.39. The first-order valence-electron chi connectivity index (χ1n) is 5.59. The first kappa shape index (κ1) is 12.0. The van der Waals surface area contributed by atoms with Crippen molar-refractivity contribution in [1.82, 2.24) is 4.81 Å². The van der Waals surface area contributed by atoms with Crippen LogP contribution >= 0.6 is 15.9 Å². The summed E-state index contributed by atoms with van der Waals surface area (Å²) in [6, 6.07) is 8.39. The number of nitrogens with zero attached hydrogens (tertiary/aromatic N) is 2. The van der Waals surface area contributed by atoms with Gasteiger partial charge in [0.05, 0.1) is 0 Å². The Bertz CT molecular complexity index is 336. The summed E-state index contributed by atoms with van der Waals surface area (Å²) < 4.78 is 1.11. The van der Waals surface area contributed by atoms with Crippen molar-refractivity contribution in [3.8, 4) is 0 Å². The molecule has 16 heavy (non-hydrogen) atoms. The molecule has 1 N–H and O–H groups in total. The van der Waals surface area contributed by atoms with Gasteiger partial charge in [-0.1, -0.05) is 15.9 Å². The number of rotatable bonds is 2. The minimum absolute atomic E-state index is 0.327. The van der Waals surface area contributed by atoms with E-state index in [1.165, 1.54) is 5.69 Å². The standard InChI is InChI=1S/C11H16BBrN2O/c1-12(16)15-8-6-14(7-9-15)11-4-2-10(13)3-5-11/h2-5,16H,6-9H2,1H3. The lowest BCUT2D eigenvalue weighted by Gasteiger charge is -2.36. The third-order valence-corrected chi connectivity index (χ3v) is 3.56. The van der Waals surface area contributed by atoms with E-state index in [0.29, 0.717) is 0 Å². The summed E-state index contributed by atoms with van der Waals surface area (Å²) in [6.07, 6.45) is 0. The van der Waals surface area contributed by atoms with Gasteiger partial charge in [-0.2, -0.15) is 0 Å². The normalized spacial score (nSPS) is 17.6. The van der Waals surface area contributed by atoms with Gasteiger partial charge in [0.25, 0.3) is 0 Å². The van der Waals surface area contributed by atoms with E-state index in [2.05, 4.69) is 49.9 Å². The van der Waals surface area contributed by atoms with Gasteiger partial charge >= 0.3 is 7.05 Å². The van der Waals surface area contributed by atoms with E-state index in [-0.39, 0.29) is 7.05 Å². The molecule has 1 aliphatic rings. The molecule has 0 radical (unpaired) electrons. The summed E-state index contributed by atoms with van der Waals surface area (Å²) in [5.41, 5.74) is 1.26. The summed E-state index contributed by atoms with van der Waals surface area (Å²) in [4.78, 5) is 4.45. The fraction of sp³-hybridized carbons (Fsp3) is 0.455. The highest BCUT2D eigenvalue weighted by Gasteiger charge is 2.22. The zero-order valence-corrected chi connectivity index (χ0v) is 11.0. The molecule has 0 saturated carbocycles. The second kappa shape index (κ2) is 5.21. The fourth-order valence-electron chi connectivity index (χ4n) is 2.01. The average molecular weight is 283 g/mol. The Morgan fingerprint density at radius 1 is 1.12 bits per heavy atom. The van der Waals surface area contributed by atoms with Gasteiger partial charge in [0, 0.05) is 36.3 Å². The van der Waals surface area contributed by atoms with Crippen LogP contribution in [0.4, 0.5) is 5.69 Å². The van der Waals surface area contributed by atoms with Crippen molar-refractivity contribution < 1.29 is 5.02 Å². The van der Waals surface area contributed by atoms with E-state index >= 15 is 0 Å². The van der Waals surface area contributed by atoms with E-state index in [1.807, 2.05) is 6.82 Å². The molecule has 2 rings (SSSR count). The summed E-state index contributed by atoms with van der Waals surface area (Å²) in [6.45, 7) is 5.63. The summed E-state index contributed by atoms with van der Waals surface area (Å²) in [5.74, 6) is 0. The maximum atomic E-state index is 9.47. The zero-order valence-electron chi connectivity index (χ0n) is 9.43. The van der Waals surface area contributed by atoms with Crippen molar-refractivity contribution in [2.24, 2.45) is 0 Å². The maximum absolute atomic E-state index is 9.47. The lowest BCUT2D eigenvalue weighted by Crippen LogP contribution is -2.51. The third kappa shape index (κ3) is 2.78. The van der Waals surface area contributed by atoms with Gasteiger partial charge in [0.2, 0.25) is 0 Å². The fourth-order valence-corrected chi connectivity index (χ4v) is 2.27. The predicted molar refractivity (Wildman–Crippen MR) is 71.8 cm³/mol. The minimum atomic E-state index is -0.327. The first-order chi connectivity index (χ1) is 7.66. The minimum Gasteiger partial charge on any atom is -0.437 e. The molecule has 3 nitrogen and oxygen atoms in total. The smallest absolute Gasteiger partial charge is 0.376 e. The zero-order chi connectivity index (χ0) is 11.5. The Kier molecular flexibility index (Phi) is 3.89. The van der Waals surface area contributed by atoms with Crippen LogP contribution in [-0.2, 0) is 0 Å². The summed E-state index contributed by atoms with van der Waals surface area (Å²) >= 11 is 3.44. The van der Waals surface area contributed by atoms with Crippen molar-refractivity contribution in [2.75, 3.05) is 31.1 Å². The second-order valence-corrected chi connectivity index (χ2v) is 5.05. The summed E-state index contributed by atoms with van der Waals surface area (Å²) in [7, 11) is -0.327. The van der Waals surface area contributed by atoms with Crippen LogP contribution < -0.4 is 4.90 Å². The van der Waals surface area contributed by atoms with Gasteiger partial charge in [-0.05, 0) is 31.1 Å². The molecule has 0 bridgehead atoms. The largest absolute Gasteiger partial charge is 0.437 e. The molecule has 0 atom stereocenters. The molecular formula is C11H16BBrN2O. The molecule has 86 valence electrons. The second-order valence-electron chi connectivity index (χ2n) is 4.13. The highest BCUT2D eigenvalue weighted by atomic mass is 79.9. The molecule has 0 aliphatic carbocycles. The van der Waals surface area contributed by atoms with Crippen LogP contribution in [0.5, 0.6) is 0 Å². The Labute approximate surface area is 105 Å². The van der Waals surface area contributed by atoms with Gasteiger partial charge < -0.3 is 14.7 Å². The molecule has 5 heteroatoms. The Balaban J connectivity index is 1.96. The number of hydrogen-bond donors (Lipinski definition) is 1. The molecular weight excluding hydrogens is 267 g/mol. The van der Waals surface area contributed by atoms with Crippen LogP contribution in [0.1, 0.15) is 0 Å². The quantitative estimate of drug-likeness (QED) is 0.837. The van der Waals surface area contributed by atoms with Crippen molar-refractivity contribution in [3.05, 3.63) is 28.7 Å². The molecule has 1 heterocycles. The molecule has 1 aromatic carbocycles. The van der Waals surface area contributed by atoms with Crippen molar-refractivity contribution in [3.63, 3.8) is 0 Å². The lowest BCUT2D eigenvalue weighted by atomic mass is 9.84. The Hall–Kier alpha value is -0.515. The molecule has 1 aliphatic heterocycles. The number of anilines is 1. The van der Waals surface area contributed by atoms with Crippen LogP contribution in [0.3, 0.4) is 0 Å². The van der Waals surface area contributed by atoms with Crippen molar-refractivity contribution in [1.29, 1.82) is 0 Å². The highest BCUT2D eigenvalue weighted by Crippen LogP contribution is 2.19. The molecule has 1 aromatic rings. The topological polar surface area (TPSA) is 26.7 Å². The summed E-state index contributed by atoms with van der Waals surface area (Å²) in [5, 5.41) is 9.47. The predicted octanol–water partition coefficient (Wildman–Crippen LogP) is 1.68. The van der Waals surface area contributed by atoms with Gasteiger partial charge in [0.1, 0.15) is 0 Å². The molecule has 0 unspecified atom stereocenters. The van der Waals surface area contributed by atoms with Crippen LogP contribution in [0.15, 0.2) is 28.7 Å². The van der Waals surface area contributed by atoms with Crippen molar-refractivity contribution >= 4 is 28.7 Å². The van der Waals surface area contributed by atoms with E-state index in [4.69, 9.17) is 0 Å². The third-order valence-electron chi connectivity index (χ3n) is 3.03. The van der Waals surface area contributed by atoms with Gasteiger partial charge in [-0.25, -0.2) is 0 Å². The van der Waals surface area contributed by atoms with E-state index in [1.54, 1.807) is 0 Å². The van der Waals surface area contributed by atoms with Crippen LogP contribution in [-0.4, -0.2) is 43.1 Å². The SMILES string of the molecule is CB(O)N1CCN(c2ccc(Br)cc2)CC1. The monoisotopic (exact) mass is 282 g/mol. The average Bonchev–Trinajstić information content (AvgIpc) is 2.30. The van der Waals surface area contributed by atoms with Gasteiger partial charge in [0.15, 0.2) is 0 Å². The molecule has 1 fully saturated rings. The van der Waals surface area contributed by atoms with E-state index in [0.717, 1.165) is 30.7 Å². The number of hydrogen-bond acceptors (Lipinski definition) is 3. The molecule has 1 saturated heterocycles. The Morgan fingerprint density at radius 2 is 1.69 bits per heavy atom. The van der Waals surface area contributed by atoms with Crippen LogP contribution in [0.2, 0.25) is 6.82 Å². The molecule has 0 amide bonds. The molecule has 0 spiro atoms. The lowest BCUT2D eigenvalue weighted by molar-refractivity contribution is 0.344. The maximum Gasteiger partial charge on any atom is 0.376 e. The van der Waals surface area contributed by atoms with Crippen LogP contribution in [0.25, 0.3) is 0 Å². The van der Waals surface area contributed by atoms with Crippen molar-refractivity contribution in [2.45, 2.75) is 6.82 Å². The number of piperazine rings is 1. The van der Waals surface area contributed by atoms with Gasteiger partial charge in [-0.3, -0.25) is 0 Å².